The van der Waals surface area contributed by atoms with Gasteiger partial charge in [0.25, 0.3) is 0 Å². The van der Waals surface area contributed by atoms with Crippen LogP contribution in [0.1, 0.15) is 77.8 Å². The number of likely N-dealkylation sites (tertiary alicyclic amines) is 1. The van der Waals surface area contributed by atoms with Crippen molar-refractivity contribution in [3.63, 3.8) is 0 Å². The normalized spacial score (nSPS) is 18.7. The summed E-state index contributed by atoms with van der Waals surface area (Å²) < 4.78 is 29.9. The first-order valence-corrected chi connectivity index (χ1v) is 11.7. The molecular formula is C29H37F2N. The molecule has 0 bridgehead atoms. The van der Waals surface area contributed by atoms with Crippen LogP contribution in [0.25, 0.3) is 11.1 Å². The average Bonchev–Trinajstić information content (AvgIpc) is 2.71. The van der Waals surface area contributed by atoms with Gasteiger partial charge in [-0.2, -0.15) is 0 Å². The van der Waals surface area contributed by atoms with Crippen molar-refractivity contribution in [1.82, 2.24) is 4.90 Å². The number of hydrogen-bond acceptors (Lipinski definition) is 1. The maximum Gasteiger partial charge on any atom is 0.127 e. The van der Waals surface area contributed by atoms with E-state index in [1.807, 2.05) is 50.3 Å². The summed E-state index contributed by atoms with van der Waals surface area (Å²) in [5, 5.41) is 0. The zero-order valence-electron chi connectivity index (χ0n) is 20.4. The summed E-state index contributed by atoms with van der Waals surface area (Å²) in [6.07, 6.45) is 11.5. The van der Waals surface area contributed by atoms with E-state index in [-0.39, 0.29) is 28.6 Å². The fourth-order valence-electron chi connectivity index (χ4n) is 5.44. The summed E-state index contributed by atoms with van der Waals surface area (Å²) in [7, 11) is 0. The summed E-state index contributed by atoms with van der Waals surface area (Å²) in [5.41, 5.74) is 2.74. The van der Waals surface area contributed by atoms with Gasteiger partial charge in [-0.1, -0.05) is 42.5 Å². The minimum absolute atomic E-state index is 0.0735. The minimum atomic E-state index is -0.226. The second-order valence-electron chi connectivity index (χ2n) is 10.2. The third-order valence-corrected chi connectivity index (χ3v) is 6.74. The summed E-state index contributed by atoms with van der Waals surface area (Å²) in [6, 6.07) is 10.7. The standard InChI is InChI=1S/C29H37F2N/c1-7-9-10-11-21-12-13-22(17-26(21)30)23-14-15-25(27(31)18-23)24-19-28(3,4)32(16-8-2)29(5,6)20-24/h7-9,12-18,24H,10-11,19-20H2,1-6H3/b9-7+,16-8+. The zero-order valence-corrected chi connectivity index (χ0v) is 20.4. The molecule has 2 aromatic rings. The third kappa shape index (κ3) is 5.14. The van der Waals surface area contributed by atoms with Crippen LogP contribution < -0.4 is 0 Å². The number of nitrogens with zero attached hydrogens (tertiary/aromatic N) is 1. The Bertz CT molecular complexity index is 982. The predicted octanol–water partition coefficient (Wildman–Crippen LogP) is 8.41. The third-order valence-electron chi connectivity index (χ3n) is 6.74. The van der Waals surface area contributed by atoms with Crippen molar-refractivity contribution >= 4 is 0 Å². The van der Waals surface area contributed by atoms with Crippen LogP contribution in [-0.4, -0.2) is 16.0 Å². The van der Waals surface area contributed by atoms with Crippen LogP contribution in [0.4, 0.5) is 8.78 Å². The lowest BCUT2D eigenvalue weighted by atomic mass is 9.71. The molecule has 2 aromatic carbocycles. The van der Waals surface area contributed by atoms with Crippen molar-refractivity contribution in [2.75, 3.05) is 0 Å². The predicted molar refractivity (Wildman–Crippen MR) is 132 cm³/mol. The largest absolute Gasteiger partial charge is 0.368 e. The smallest absolute Gasteiger partial charge is 0.127 e. The van der Waals surface area contributed by atoms with E-state index in [2.05, 4.69) is 44.9 Å². The number of allylic oxidation sites excluding steroid dienone is 3. The van der Waals surface area contributed by atoms with Crippen LogP contribution in [0.3, 0.4) is 0 Å². The van der Waals surface area contributed by atoms with Crippen molar-refractivity contribution in [1.29, 1.82) is 0 Å². The first kappa shape index (κ1) is 24.2. The Morgan fingerprint density at radius 3 is 2.00 bits per heavy atom. The SMILES string of the molecule is C/C=C/CCc1ccc(-c2ccc(C3CC(C)(C)N(/C=C/C)C(C)(C)C3)c(F)c2)cc1F. The molecule has 172 valence electrons. The van der Waals surface area contributed by atoms with Gasteiger partial charge in [0.15, 0.2) is 0 Å². The lowest BCUT2D eigenvalue weighted by molar-refractivity contribution is 0.00670. The molecule has 0 unspecified atom stereocenters. The summed E-state index contributed by atoms with van der Waals surface area (Å²) in [5.74, 6) is -0.284. The van der Waals surface area contributed by atoms with Crippen molar-refractivity contribution in [2.24, 2.45) is 0 Å². The van der Waals surface area contributed by atoms with Gasteiger partial charge in [-0.15, -0.1) is 0 Å². The molecule has 1 aliphatic heterocycles. The van der Waals surface area contributed by atoms with Gasteiger partial charge in [0, 0.05) is 11.1 Å². The topological polar surface area (TPSA) is 3.24 Å². The highest BCUT2D eigenvalue weighted by molar-refractivity contribution is 5.64. The van der Waals surface area contributed by atoms with E-state index in [0.29, 0.717) is 17.5 Å². The molecule has 1 aliphatic rings. The van der Waals surface area contributed by atoms with Crippen molar-refractivity contribution in [3.8, 4) is 11.1 Å². The molecule has 0 N–H and O–H groups in total. The molecule has 0 radical (unpaired) electrons. The number of halogens is 2. The fourth-order valence-corrected chi connectivity index (χ4v) is 5.44. The van der Waals surface area contributed by atoms with Crippen molar-refractivity contribution in [3.05, 3.63) is 83.6 Å². The molecule has 1 heterocycles. The van der Waals surface area contributed by atoms with Crippen LogP contribution >= 0.6 is 0 Å². The Morgan fingerprint density at radius 1 is 0.875 bits per heavy atom. The van der Waals surface area contributed by atoms with E-state index in [1.165, 1.54) is 6.07 Å². The molecule has 0 aromatic heterocycles. The molecule has 0 amide bonds. The quantitative estimate of drug-likeness (QED) is 0.410. The van der Waals surface area contributed by atoms with Crippen LogP contribution in [0, 0.1) is 11.6 Å². The van der Waals surface area contributed by atoms with Gasteiger partial charge < -0.3 is 4.90 Å². The molecule has 0 aliphatic carbocycles. The van der Waals surface area contributed by atoms with Crippen LogP contribution in [0.5, 0.6) is 0 Å². The number of hydrogen-bond donors (Lipinski definition) is 0. The molecule has 1 nitrogen and oxygen atoms in total. The van der Waals surface area contributed by atoms with E-state index in [0.717, 1.165) is 30.4 Å². The lowest BCUT2D eigenvalue weighted by Crippen LogP contribution is -2.57. The highest BCUT2D eigenvalue weighted by Crippen LogP contribution is 2.46. The first-order chi connectivity index (χ1) is 15.1. The van der Waals surface area contributed by atoms with Crippen molar-refractivity contribution < 1.29 is 8.78 Å². The Morgan fingerprint density at radius 2 is 1.47 bits per heavy atom. The molecule has 1 saturated heterocycles. The number of piperidine rings is 1. The monoisotopic (exact) mass is 437 g/mol. The average molecular weight is 438 g/mol. The van der Waals surface area contributed by atoms with Crippen molar-refractivity contribution in [2.45, 2.75) is 84.2 Å². The van der Waals surface area contributed by atoms with Crippen LogP contribution in [0.2, 0.25) is 0 Å². The minimum Gasteiger partial charge on any atom is -0.368 e. The Labute approximate surface area is 192 Å². The second kappa shape index (κ2) is 9.60. The highest BCUT2D eigenvalue weighted by Gasteiger charge is 2.44. The van der Waals surface area contributed by atoms with E-state index in [9.17, 15) is 4.39 Å². The Balaban J connectivity index is 1.85. The van der Waals surface area contributed by atoms with Gasteiger partial charge in [-0.3, -0.25) is 0 Å². The molecule has 3 heteroatoms. The molecule has 0 atom stereocenters. The molecule has 0 saturated carbocycles. The Kier molecular flexibility index (Phi) is 7.27. The molecule has 0 spiro atoms. The zero-order chi connectivity index (χ0) is 23.5. The molecule has 32 heavy (non-hydrogen) atoms. The fraction of sp³-hybridized carbons (Fsp3) is 0.448. The first-order valence-electron chi connectivity index (χ1n) is 11.7. The maximum absolute atomic E-state index is 15.3. The number of benzene rings is 2. The maximum atomic E-state index is 15.3. The van der Waals surface area contributed by atoms with E-state index >= 15 is 4.39 Å². The van der Waals surface area contributed by atoms with E-state index in [1.54, 1.807) is 6.07 Å². The summed E-state index contributed by atoms with van der Waals surface area (Å²) >= 11 is 0. The van der Waals surface area contributed by atoms with Gasteiger partial charge in [0.2, 0.25) is 0 Å². The lowest BCUT2D eigenvalue weighted by Gasteiger charge is -2.55. The van der Waals surface area contributed by atoms with Gasteiger partial charge in [0.1, 0.15) is 11.6 Å². The second-order valence-corrected chi connectivity index (χ2v) is 10.2. The Hall–Kier alpha value is -2.42. The van der Waals surface area contributed by atoms with Gasteiger partial charge >= 0.3 is 0 Å². The molecule has 3 rings (SSSR count). The number of aryl methyl sites for hydroxylation is 1. The highest BCUT2D eigenvalue weighted by atomic mass is 19.1. The van der Waals surface area contributed by atoms with Gasteiger partial charge in [-0.25, -0.2) is 8.78 Å². The van der Waals surface area contributed by atoms with Crippen LogP contribution in [-0.2, 0) is 6.42 Å². The summed E-state index contributed by atoms with van der Waals surface area (Å²) in [6.45, 7) is 12.9. The van der Waals surface area contributed by atoms with E-state index < -0.39 is 0 Å². The van der Waals surface area contributed by atoms with Crippen LogP contribution in [0.15, 0.2) is 60.8 Å². The summed E-state index contributed by atoms with van der Waals surface area (Å²) in [4.78, 5) is 2.41. The van der Waals surface area contributed by atoms with Gasteiger partial charge in [-0.05, 0) is 114 Å². The number of rotatable bonds is 6. The molecule has 1 fully saturated rings. The van der Waals surface area contributed by atoms with Gasteiger partial charge in [0.05, 0.1) is 0 Å². The molecular weight excluding hydrogens is 400 g/mol. The van der Waals surface area contributed by atoms with E-state index in [4.69, 9.17) is 0 Å².